The van der Waals surface area contributed by atoms with E-state index in [9.17, 15) is 4.79 Å². The van der Waals surface area contributed by atoms with Crippen LogP contribution in [-0.2, 0) is 13.0 Å². The molecular weight excluding hydrogens is 402 g/mol. The lowest BCUT2D eigenvalue weighted by Crippen LogP contribution is -2.27. The molecule has 1 aromatic carbocycles. The molecule has 8 heteroatoms. The van der Waals surface area contributed by atoms with Crippen LogP contribution >= 0.6 is 0 Å². The normalized spacial score (nSPS) is 13.2. The summed E-state index contributed by atoms with van der Waals surface area (Å²) in [7, 11) is 2.06. The average Bonchev–Trinajstić information content (AvgIpc) is 3.14. The number of primary amides is 1. The molecular formula is C24H25N7O. The van der Waals surface area contributed by atoms with Crippen molar-refractivity contribution >= 4 is 23.2 Å². The summed E-state index contributed by atoms with van der Waals surface area (Å²) in [6.45, 7) is 3.52. The minimum Gasteiger partial charge on any atom is -0.366 e. The van der Waals surface area contributed by atoms with Crippen molar-refractivity contribution in [3.05, 3.63) is 71.0 Å². The Labute approximate surface area is 186 Å². The van der Waals surface area contributed by atoms with E-state index in [2.05, 4.69) is 34.4 Å². The molecule has 32 heavy (non-hydrogen) atoms. The van der Waals surface area contributed by atoms with E-state index < -0.39 is 5.91 Å². The number of fused-ring (bicyclic) bond motifs is 2. The predicted octanol–water partition coefficient (Wildman–Crippen LogP) is 3.19. The molecule has 0 spiro atoms. The number of pyridine rings is 1. The molecule has 5 rings (SSSR count). The molecule has 3 aromatic heterocycles. The van der Waals surface area contributed by atoms with Crippen LogP contribution in [0.3, 0.4) is 0 Å². The lowest BCUT2D eigenvalue weighted by molar-refractivity contribution is 0.100. The monoisotopic (exact) mass is 427 g/mol. The summed E-state index contributed by atoms with van der Waals surface area (Å²) >= 11 is 0. The molecule has 0 aliphatic carbocycles. The predicted molar refractivity (Wildman–Crippen MR) is 125 cm³/mol. The molecule has 162 valence electrons. The maximum atomic E-state index is 11.9. The van der Waals surface area contributed by atoms with Crippen molar-refractivity contribution < 1.29 is 4.79 Å². The Kier molecular flexibility index (Phi) is 4.97. The number of hydrogen-bond acceptors (Lipinski definition) is 6. The van der Waals surface area contributed by atoms with Gasteiger partial charge in [0.05, 0.1) is 11.3 Å². The molecule has 4 aromatic rings. The van der Waals surface area contributed by atoms with Gasteiger partial charge in [0, 0.05) is 31.9 Å². The summed E-state index contributed by atoms with van der Waals surface area (Å²) < 4.78 is 1.85. The smallest absolute Gasteiger partial charge is 0.252 e. The number of benzene rings is 1. The van der Waals surface area contributed by atoms with Crippen LogP contribution in [0.25, 0.3) is 17.2 Å². The van der Waals surface area contributed by atoms with E-state index in [4.69, 9.17) is 15.7 Å². The molecule has 1 aliphatic heterocycles. The zero-order valence-corrected chi connectivity index (χ0v) is 18.2. The number of aromatic nitrogens is 4. The molecule has 4 heterocycles. The van der Waals surface area contributed by atoms with Crippen molar-refractivity contribution in [2.75, 3.05) is 23.8 Å². The Morgan fingerprint density at radius 2 is 1.94 bits per heavy atom. The molecule has 0 saturated carbocycles. The number of rotatable bonds is 5. The van der Waals surface area contributed by atoms with Gasteiger partial charge in [-0.2, -0.15) is 0 Å². The number of imidazole rings is 1. The number of hydrogen-bond donors (Lipinski definition) is 2. The van der Waals surface area contributed by atoms with E-state index in [1.807, 2.05) is 35.7 Å². The van der Waals surface area contributed by atoms with Crippen LogP contribution in [0.1, 0.15) is 33.6 Å². The third kappa shape index (κ3) is 3.43. The first-order valence-electron chi connectivity index (χ1n) is 10.7. The zero-order valence-electron chi connectivity index (χ0n) is 18.2. The third-order valence-corrected chi connectivity index (χ3v) is 5.87. The molecule has 1 aliphatic rings. The van der Waals surface area contributed by atoms with Gasteiger partial charge in [0.25, 0.3) is 5.91 Å². The highest BCUT2D eigenvalue weighted by molar-refractivity contribution is 5.99. The van der Waals surface area contributed by atoms with Crippen LogP contribution in [0.5, 0.6) is 0 Å². The average molecular weight is 428 g/mol. The van der Waals surface area contributed by atoms with E-state index in [1.165, 1.54) is 5.56 Å². The van der Waals surface area contributed by atoms with E-state index in [-0.39, 0.29) is 0 Å². The van der Waals surface area contributed by atoms with Crippen LogP contribution in [0.2, 0.25) is 0 Å². The van der Waals surface area contributed by atoms with Gasteiger partial charge in [-0.3, -0.25) is 9.20 Å². The van der Waals surface area contributed by atoms with Crippen molar-refractivity contribution in [1.82, 2.24) is 19.4 Å². The Bertz CT molecular complexity index is 1310. The summed E-state index contributed by atoms with van der Waals surface area (Å²) in [5.41, 5.74) is 10.3. The van der Waals surface area contributed by atoms with Crippen LogP contribution in [0, 0.1) is 6.92 Å². The van der Waals surface area contributed by atoms with Gasteiger partial charge in [0.15, 0.2) is 5.82 Å². The molecule has 3 N–H and O–H groups in total. The second-order valence-corrected chi connectivity index (χ2v) is 8.09. The standard InChI is InChI=1S/C24H25N7O/c1-15-19(31-13-7-10-17(20(25)32)24(31)27-15)22-28-21(26-14-16-8-4-3-5-9-16)18-11-6-12-30(2)23(18)29-22/h3-5,7-10,13H,6,11-12,14H2,1-2H3,(H2,25,32)(H,26,28,29). The summed E-state index contributed by atoms with van der Waals surface area (Å²) in [5, 5.41) is 3.53. The van der Waals surface area contributed by atoms with Crippen LogP contribution in [0.15, 0.2) is 48.7 Å². The number of nitrogens with two attached hydrogens (primary N) is 1. The number of carbonyl (C=O) groups is 1. The lowest BCUT2D eigenvalue weighted by atomic mass is 10.1. The maximum Gasteiger partial charge on any atom is 0.252 e. The first-order valence-corrected chi connectivity index (χ1v) is 10.7. The fourth-order valence-electron chi connectivity index (χ4n) is 4.29. The van der Waals surface area contributed by atoms with Crippen LogP contribution < -0.4 is 16.0 Å². The van der Waals surface area contributed by atoms with Crippen LogP contribution in [-0.4, -0.2) is 38.9 Å². The Hall–Kier alpha value is -3.94. The quantitative estimate of drug-likeness (QED) is 0.507. The molecule has 8 nitrogen and oxygen atoms in total. The number of aryl methyl sites for hydroxylation is 1. The fourth-order valence-corrected chi connectivity index (χ4v) is 4.29. The largest absolute Gasteiger partial charge is 0.366 e. The summed E-state index contributed by atoms with van der Waals surface area (Å²) in [6, 6.07) is 13.7. The van der Waals surface area contributed by atoms with E-state index >= 15 is 0 Å². The highest BCUT2D eigenvalue weighted by Crippen LogP contribution is 2.33. The zero-order chi connectivity index (χ0) is 22.2. The van der Waals surface area contributed by atoms with E-state index in [0.29, 0.717) is 23.6 Å². The third-order valence-electron chi connectivity index (χ3n) is 5.87. The van der Waals surface area contributed by atoms with Gasteiger partial charge in [-0.1, -0.05) is 30.3 Å². The molecule has 0 unspecified atom stereocenters. The van der Waals surface area contributed by atoms with Crippen molar-refractivity contribution in [2.24, 2.45) is 5.73 Å². The second kappa shape index (κ2) is 7.96. The summed E-state index contributed by atoms with van der Waals surface area (Å²) in [5.74, 6) is 1.82. The number of amides is 1. The fraction of sp³-hybridized carbons (Fsp3) is 0.250. The maximum absolute atomic E-state index is 11.9. The van der Waals surface area contributed by atoms with E-state index in [0.717, 1.165) is 48.0 Å². The molecule has 0 bridgehead atoms. The van der Waals surface area contributed by atoms with Gasteiger partial charge in [0.2, 0.25) is 0 Å². The van der Waals surface area contributed by atoms with Gasteiger partial charge >= 0.3 is 0 Å². The number of carbonyl (C=O) groups excluding carboxylic acids is 1. The van der Waals surface area contributed by atoms with Crippen molar-refractivity contribution in [3.63, 3.8) is 0 Å². The van der Waals surface area contributed by atoms with E-state index in [1.54, 1.807) is 12.1 Å². The van der Waals surface area contributed by atoms with Crippen molar-refractivity contribution in [2.45, 2.75) is 26.3 Å². The summed E-state index contributed by atoms with van der Waals surface area (Å²) in [6.07, 6.45) is 3.85. The van der Waals surface area contributed by atoms with Gasteiger partial charge < -0.3 is 16.0 Å². The topological polar surface area (TPSA) is 101 Å². The Morgan fingerprint density at radius 1 is 1.12 bits per heavy atom. The molecule has 0 fully saturated rings. The first-order chi connectivity index (χ1) is 15.5. The molecule has 0 saturated heterocycles. The minimum absolute atomic E-state index is 0.374. The van der Waals surface area contributed by atoms with Gasteiger partial charge in [-0.25, -0.2) is 15.0 Å². The second-order valence-electron chi connectivity index (χ2n) is 8.09. The van der Waals surface area contributed by atoms with Crippen molar-refractivity contribution in [3.8, 4) is 11.5 Å². The number of anilines is 2. The summed E-state index contributed by atoms with van der Waals surface area (Å²) in [4.78, 5) is 28.6. The van der Waals surface area contributed by atoms with Gasteiger partial charge in [-0.05, 0) is 37.5 Å². The highest BCUT2D eigenvalue weighted by atomic mass is 16.1. The first kappa shape index (κ1) is 20.0. The SMILES string of the molecule is Cc1nc2c(C(N)=O)cccn2c1-c1nc(NCc2ccccc2)c2c(n1)N(C)CCC2. The molecule has 1 amide bonds. The highest BCUT2D eigenvalue weighted by Gasteiger charge is 2.24. The molecule has 0 atom stereocenters. The Morgan fingerprint density at radius 3 is 2.72 bits per heavy atom. The number of nitrogens with zero attached hydrogens (tertiary/aromatic N) is 5. The van der Waals surface area contributed by atoms with Gasteiger partial charge in [0.1, 0.15) is 23.0 Å². The minimum atomic E-state index is -0.511. The van der Waals surface area contributed by atoms with Crippen LogP contribution in [0.4, 0.5) is 11.6 Å². The Balaban J connectivity index is 1.65. The molecule has 0 radical (unpaired) electrons. The van der Waals surface area contributed by atoms with Gasteiger partial charge in [-0.15, -0.1) is 0 Å². The van der Waals surface area contributed by atoms with Crippen molar-refractivity contribution in [1.29, 1.82) is 0 Å². The lowest BCUT2D eigenvalue weighted by Gasteiger charge is -2.28. The number of nitrogens with one attached hydrogen (secondary N) is 1.